The Morgan fingerprint density at radius 2 is 1.85 bits per heavy atom. The number of hydrogen-bond donors (Lipinski definition) is 3. The molecule has 0 aliphatic carbocycles. The smallest absolute Gasteiger partial charge is 0.323 e. The zero-order valence-electron chi connectivity index (χ0n) is 12.6. The number of nitrogen functional groups attached to an aromatic ring is 1. The van der Waals surface area contributed by atoms with Gasteiger partial charge in [-0.3, -0.25) is 5.43 Å². The molecule has 0 fully saturated rings. The van der Waals surface area contributed by atoms with E-state index < -0.39 is 0 Å². The Balaban J connectivity index is 2.54. The third kappa shape index (κ3) is 6.01. The average molecular weight is 282 g/mol. The molecular formula is C13H26N6O. The van der Waals surface area contributed by atoms with Gasteiger partial charge in [-0.2, -0.15) is 15.0 Å². The number of rotatable bonds is 10. The highest BCUT2D eigenvalue weighted by molar-refractivity contribution is 5.35. The van der Waals surface area contributed by atoms with Crippen LogP contribution in [-0.2, 0) is 0 Å². The van der Waals surface area contributed by atoms with E-state index in [0.29, 0.717) is 24.5 Å². The van der Waals surface area contributed by atoms with Gasteiger partial charge in [0.25, 0.3) is 0 Å². The molecule has 1 unspecified atom stereocenters. The van der Waals surface area contributed by atoms with Crippen molar-refractivity contribution in [2.75, 3.05) is 17.3 Å². The van der Waals surface area contributed by atoms with Crippen LogP contribution in [0.2, 0.25) is 0 Å². The van der Waals surface area contributed by atoms with Crippen molar-refractivity contribution in [1.82, 2.24) is 15.0 Å². The molecule has 1 heterocycles. The SMILES string of the molecule is CCCCCCC(C)Nc1nc(NN)nc(OCC)n1. The maximum absolute atomic E-state index is 5.34. The van der Waals surface area contributed by atoms with Gasteiger partial charge in [-0.25, -0.2) is 5.84 Å². The molecule has 0 radical (unpaired) electrons. The molecule has 0 saturated heterocycles. The lowest BCUT2D eigenvalue weighted by Gasteiger charge is -2.14. The summed E-state index contributed by atoms with van der Waals surface area (Å²) in [4.78, 5) is 12.4. The maximum Gasteiger partial charge on any atom is 0.323 e. The first-order valence-electron chi connectivity index (χ1n) is 7.31. The van der Waals surface area contributed by atoms with Gasteiger partial charge in [0, 0.05) is 6.04 Å². The van der Waals surface area contributed by atoms with Crippen molar-refractivity contribution < 1.29 is 4.74 Å². The van der Waals surface area contributed by atoms with Crippen molar-refractivity contribution in [2.45, 2.75) is 58.9 Å². The van der Waals surface area contributed by atoms with E-state index in [9.17, 15) is 0 Å². The zero-order valence-corrected chi connectivity index (χ0v) is 12.6. The largest absolute Gasteiger partial charge is 0.464 e. The number of nitrogens with two attached hydrogens (primary N) is 1. The third-order valence-electron chi connectivity index (χ3n) is 2.88. The number of ether oxygens (including phenoxy) is 1. The van der Waals surface area contributed by atoms with Gasteiger partial charge in [-0.15, -0.1) is 0 Å². The summed E-state index contributed by atoms with van der Waals surface area (Å²) in [5.41, 5.74) is 2.42. The lowest BCUT2D eigenvalue weighted by atomic mass is 10.1. The van der Waals surface area contributed by atoms with Gasteiger partial charge in [0.2, 0.25) is 11.9 Å². The Morgan fingerprint density at radius 1 is 1.10 bits per heavy atom. The Bertz CT molecular complexity index is 387. The summed E-state index contributed by atoms with van der Waals surface area (Å²) >= 11 is 0. The predicted molar refractivity (Wildman–Crippen MR) is 80.6 cm³/mol. The van der Waals surface area contributed by atoms with Gasteiger partial charge >= 0.3 is 6.01 Å². The Labute approximate surface area is 120 Å². The molecule has 1 atom stereocenters. The molecule has 0 saturated carbocycles. The molecular weight excluding hydrogens is 256 g/mol. The fourth-order valence-electron chi connectivity index (χ4n) is 1.85. The lowest BCUT2D eigenvalue weighted by molar-refractivity contribution is 0.312. The van der Waals surface area contributed by atoms with Crippen molar-refractivity contribution in [3.63, 3.8) is 0 Å². The second-order valence-electron chi connectivity index (χ2n) is 4.74. The number of hydrazine groups is 1. The van der Waals surface area contributed by atoms with E-state index in [1.54, 1.807) is 0 Å². The summed E-state index contributed by atoms with van der Waals surface area (Å²) in [6, 6.07) is 0.575. The fraction of sp³-hybridized carbons (Fsp3) is 0.769. The van der Waals surface area contributed by atoms with E-state index in [4.69, 9.17) is 10.6 Å². The van der Waals surface area contributed by atoms with E-state index in [-0.39, 0.29) is 6.01 Å². The fourth-order valence-corrected chi connectivity index (χ4v) is 1.85. The van der Waals surface area contributed by atoms with Gasteiger partial charge in [-0.1, -0.05) is 32.6 Å². The molecule has 4 N–H and O–H groups in total. The van der Waals surface area contributed by atoms with Crippen LogP contribution in [0.1, 0.15) is 52.9 Å². The van der Waals surface area contributed by atoms with E-state index >= 15 is 0 Å². The van der Waals surface area contributed by atoms with Crippen molar-refractivity contribution in [2.24, 2.45) is 5.84 Å². The number of aromatic nitrogens is 3. The summed E-state index contributed by atoms with van der Waals surface area (Å²) in [5, 5.41) is 3.25. The summed E-state index contributed by atoms with van der Waals surface area (Å²) in [6.07, 6.45) is 6.08. The van der Waals surface area contributed by atoms with Gasteiger partial charge < -0.3 is 10.1 Å². The highest BCUT2D eigenvalue weighted by Gasteiger charge is 2.09. The molecule has 1 aromatic heterocycles. The van der Waals surface area contributed by atoms with Crippen LogP contribution >= 0.6 is 0 Å². The molecule has 0 spiro atoms. The first kappa shape index (κ1) is 16.4. The molecule has 7 nitrogen and oxygen atoms in total. The molecule has 114 valence electrons. The minimum atomic E-state index is 0.274. The summed E-state index contributed by atoms with van der Waals surface area (Å²) in [7, 11) is 0. The molecule has 0 bridgehead atoms. The summed E-state index contributed by atoms with van der Waals surface area (Å²) in [5.74, 6) is 6.12. The first-order valence-corrected chi connectivity index (χ1v) is 7.31. The number of anilines is 2. The minimum absolute atomic E-state index is 0.274. The molecule has 20 heavy (non-hydrogen) atoms. The molecule has 0 aliphatic rings. The van der Waals surface area contributed by atoms with Gasteiger partial charge in [-0.05, 0) is 20.3 Å². The van der Waals surface area contributed by atoms with Crippen LogP contribution in [0.15, 0.2) is 0 Å². The van der Waals surface area contributed by atoms with Crippen molar-refractivity contribution >= 4 is 11.9 Å². The van der Waals surface area contributed by atoms with Crippen LogP contribution in [0.5, 0.6) is 6.01 Å². The molecule has 1 rings (SSSR count). The Morgan fingerprint density at radius 3 is 2.50 bits per heavy atom. The molecule has 0 aliphatic heterocycles. The summed E-state index contributed by atoms with van der Waals surface area (Å²) < 4.78 is 5.29. The van der Waals surface area contributed by atoms with Crippen LogP contribution in [0.3, 0.4) is 0 Å². The van der Waals surface area contributed by atoms with Gasteiger partial charge in [0.15, 0.2) is 0 Å². The average Bonchev–Trinajstić information content (AvgIpc) is 2.43. The second kappa shape index (κ2) is 9.30. The predicted octanol–water partition coefficient (Wildman–Crippen LogP) is 2.33. The van der Waals surface area contributed by atoms with Crippen LogP contribution in [0, 0.1) is 0 Å². The monoisotopic (exact) mass is 282 g/mol. The van der Waals surface area contributed by atoms with Gasteiger partial charge in [0.1, 0.15) is 0 Å². The van der Waals surface area contributed by atoms with Crippen molar-refractivity contribution in [1.29, 1.82) is 0 Å². The van der Waals surface area contributed by atoms with E-state index in [1.165, 1.54) is 25.7 Å². The standard InChI is InChI=1S/C13H26N6O/c1-4-6-7-8-9-10(3)15-11-16-12(19-14)18-13(17-11)20-5-2/h10H,4-9,14H2,1-3H3,(H2,15,16,17,18,19). The number of nitrogens with one attached hydrogen (secondary N) is 2. The van der Waals surface area contributed by atoms with Crippen molar-refractivity contribution in [3.8, 4) is 6.01 Å². The highest BCUT2D eigenvalue weighted by Crippen LogP contribution is 2.13. The van der Waals surface area contributed by atoms with Crippen LogP contribution in [0.4, 0.5) is 11.9 Å². The van der Waals surface area contributed by atoms with Gasteiger partial charge in [0.05, 0.1) is 6.61 Å². The minimum Gasteiger partial charge on any atom is -0.464 e. The Hall–Kier alpha value is -1.63. The van der Waals surface area contributed by atoms with E-state index in [1.807, 2.05) is 6.92 Å². The lowest BCUT2D eigenvalue weighted by Crippen LogP contribution is -2.19. The van der Waals surface area contributed by atoms with Crippen LogP contribution in [0.25, 0.3) is 0 Å². The third-order valence-corrected chi connectivity index (χ3v) is 2.88. The topological polar surface area (TPSA) is 98.0 Å². The second-order valence-corrected chi connectivity index (χ2v) is 4.74. The zero-order chi connectivity index (χ0) is 14.8. The van der Waals surface area contributed by atoms with E-state index in [2.05, 4.69) is 39.5 Å². The first-order chi connectivity index (χ1) is 9.69. The normalized spacial score (nSPS) is 12.0. The maximum atomic E-state index is 5.34. The quantitative estimate of drug-likeness (QED) is 0.344. The molecule has 1 aromatic rings. The molecule has 0 amide bonds. The molecule has 7 heteroatoms. The summed E-state index contributed by atoms with van der Waals surface area (Å²) in [6.45, 7) is 6.71. The van der Waals surface area contributed by atoms with Crippen LogP contribution in [-0.4, -0.2) is 27.6 Å². The highest BCUT2D eigenvalue weighted by atomic mass is 16.5. The number of nitrogens with zero attached hydrogens (tertiary/aromatic N) is 3. The van der Waals surface area contributed by atoms with Crippen LogP contribution < -0.4 is 21.3 Å². The Kier molecular flexibility index (Phi) is 7.64. The van der Waals surface area contributed by atoms with E-state index in [0.717, 1.165) is 6.42 Å². The number of hydrogen-bond acceptors (Lipinski definition) is 7. The van der Waals surface area contributed by atoms with Crippen molar-refractivity contribution in [3.05, 3.63) is 0 Å². The molecule has 0 aromatic carbocycles. The number of unbranched alkanes of at least 4 members (excludes halogenated alkanes) is 3.